The van der Waals surface area contributed by atoms with Gasteiger partial charge in [0.1, 0.15) is 5.60 Å². The van der Waals surface area contributed by atoms with Gasteiger partial charge in [0, 0.05) is 25.2 Å². The normalized spacial score (nSPS) is 23.1. The van der Waals surface area contributed by atoms with Crippen LogP contribution < -0.4 is 0 Å². The summed E-state index contributed by atoms with van der Waals surface area (Å²) in [5, 5.41) is 10.0. The summed E-state index contributed by atoms with van der Waals surface area (Å²) in [5.41, 5.74) is -0.511. The molecule has 5 heteroatoms. The first-order valence-corrected chi connectivity index (χ1v) is 6.90. The van der Waals surface area contributed by atoms with Crippen molar-refractivity contribution in [1.82, 2.24) is 9.80 Å². The average molecular weight is 272 g/mol. The lowest BCUT2D eigenvalue weighted by Crippen LogP contribution is -2.45. The van der Waals surface area contributed by atoms with Crippen molar-refractivity contribution in [3.8, 4) is 0 Å². The predicted octanol–water partition coefficient (Wildman–Crippen LogP) is 1.70. The fourth-order valence-electron chi connectivity index (χ4n) is 2.09. The second-order valence-corrected chi connectivity index (χ2v) is 7.20. The van der Waals surface area contributed by atoms with Crippen LogP contribution in [0.25, 0.3) is 0 Å². The molecule has 0 bridgehead atoms. The molecule has 0 unspecified atom stereocenters. The van der Waals surface area contributed by atoms with E-state index in [-0.39, 0.29) is 11.6 Å². The van der Waals surface area contributed by atoms with Gasteiger partial charge in [0.2, 0.25) is 0 Å². The lowest BCUT2D eigenvalue weighted by atomic mass is 10.1. The maximum atomic E-state index is 12.0. The zero-order chi connectivity index (χ0) is 14.8. The lowest BCUT2D eigenvalue weighted by molar-refractivity contribution is 0.0184. The maximum absolute atomic E-state index is 12.0. The maximum Gasteiger partial charge on any atom is 0.410 e. The quantitative estimate of drug-likeness (QED) is 0.729. The topological polar surface area (TPSA) is 53.0 Å². The molecule has 0 aromatic heterocycles. The summed E-state index contributed by atoms with van der Waals surface area (Å²) in [6.07, 6.45) is -0.878. The van der Waals surface area contributed by atoms with Gasteiger partial charge in [-0.25, -0.2) is 4.79 Å². The fraction of sp³-hybridized carbons (Fsp3) is 0.929. The van der Waals surface area contributed by atoms with Gasteiger partial charge < -0.3 is 14.7 Å². The summed E-state index contributed by atoms with van der Waals surface area (Å²) >= 11 is 0. The Morgan fingerprint density at radius 1 is 1.11 bits per heavy atom. The molecule has 0 aromatic rings. The van der Waals surface area contributed by atoms with Crippen molar-refractivity contribution in [1.29, 1.82) is 0 Å². The SMILES string of the molecule is CC(C)(C)OC(=O)N1CCN(C(C)(C)C)C[C@@H](O)C1. The fourth-order valence-corrected chi connectivity index (χ4v) is 2.09. The monoisotopic (exact) mass is 272 g/mol. The highest BCUT2D eigenvalue weighted by molar-refractivity contribution is 5.68. The minimum atomic E-state index is -0.533. The van der Waals surface area contributed by atoms with E-state index >= 15 is 0 Å². The van der Waals surface area contributed by atoms with Gasteiger partial charge in [-0.3, -0.25) is 4.90 Å². The second kappa shape index (κ2) is 5.67. The van der Waals surface area contributed by atoms with Crippen molar-refractivity contribution in [2.24, 2.45) is 0 Å². The lowest BCUT2D eigenvalue weighted by Gasteiger charge is -2.35. The number of β-amino-alcohol motifs (C(OH)–C–C–N with tert-alkyl or cyclic N) is 1. The Bertz CT molecular complexity index is 318. The van der Waals surface area contributed by atoms with E-state index in [1.165, 1.54) is 0 Å². The van der Waals surface area contributed by atoms with Crippen molar-refractivity contribution in [2.45, 2.75) is 58.8 Å². The molecule has 1 atom stereocenters. The number of aliphatic hydroxyl groups excluding tert-OH is 1. The van der Waals surface area contributed by atoms with E-state index in [1.54, 1.807) is 4.90 Å². The first-order chi connectivity index (χ1) is 8.49. The summed E-state index contributed by atoms with van der Waals surface area (Å²) in [6, 6.07) is 0. The van der Waals surface area contributed by atoms with Gasteiger partial charge >= 0.3 is 6.09 Å². The van der Waals surface area contributed by atoms with Gasteiger partial charge in [-0.2, -0.15) is 0 Å². The van der Waals surface area contributed by atoms with Crippen molar-refractivity contribution < 1.29 is 14.6 Å². The Kier molecular flexibility index (Phi) is 4.85. The number of amides is 1. The first-order valence-electron chi connectivity index (χ1n) is 6.90. The van der Waals surface area contributed by atoms with Crippen LogP contribution in [0.2, 0.25) is 0 Å². The molecule has 5 nitrogen and oxygen atoms in total. The van der Waals surface area contributed by atoms with Gasteiger partial charge in [-0.1, -0.05) is 0 Å². The molecule has 0 spiro atoms. The Balaban J connectivity index is 2.67. The summed E-state index contributed by atoms with van der Waals surface area (Å²) in [7, 11) is 0. The van der Waals surface area contributed by atoms with Gasteiger partial charge in [-0.05, 0) is 41.5 Å². The molecule has 1 heterocycles. The Morgan fingerprint density at radius 2 is 1.68 bits per heavy atom. The highest BCUT2D eigenvalue weighted by atomic mass is 16.6. The standard InChI is InChI=1S/C14H28N2O3/c1-13(2,3)16-8-7-15(9-11(17)10-16)12(18)19-14(4,5)6/h11,17H,7-10H2,1-6H3/t11-/m0/s1. The number of rotatable bonds is 0. The molecule has 1 saturated heterocycles. The highest BCUT2D eigenvalue weighted by Gasteiger charge is 2.31. The molecule has 0 aliphatic carbocycles. The summed E-state index contributed by atoms with van der Waals surface area (Å²) in [6.45, 7) is 14.1. The highest BCUT2D eigenvalue weighted by Crippen LogP contribution is 2.18. The van der Waals surface area contributed by atoms with Crippen LogP contribution in [0.5, 0.6) is 0 Å². The molecular formula is C14H28N2O3. The summed E-state index contributed by atoms with van der Waals surface area (Å²) in [4.78, 5) is 15.8. The van der Waals surface area contributed by atoms with Crippen molar-refractivity contribution in [3.05, 3.63) is 0 Å². The molecule has 0 radical (unpaired) electrons. The van der Waals surface area contributed by atoms with Crippen molar-refractivity contribution in [2.75, 3.05) is 26.2 Å². The molecule has 1 aliphatic heterocycles. The Hall–Kier alpha value is -0.810. The van der Waals surface area contributed by atoms with E-state index in [0.717, 1.165) is 6.54 Å². The zero-order valence-electron chi connectivity index (χ0n) is 13.1. The minimum Gasteiger partial charge on any atom is -0.444 e. The van der Waals surface area contributed by atoms with Crippen LogP contribution >= 0.6 is 0 Å². The number of carbonyl (C=O) groups excluding carboxylic acids is 1. The van der Waals surface area contributed by atoms with E-state index < -0.39 is 11.7 Å². The van der Waals surface area contributed by atoms with E-state index in [0.29, 0.717) is 19.6 Å². The first kappa shape index (κ1) is 16.2. The number of carbonyl (C=O) groups is 1. The van der Waals surface area contributed by atoms with Gasteiger partial charge in [0.15, 0.2) is 0 Å². The van der Waals surface area contributed by atoms with Gasteiger partial charge in [0.05, 0.1) is 12.6 Å². The second-order valence-electron chi connectivity index (χ2n) is 7.20. The third-order valence-corrected chi connectivity index (χ3v) is 3.10. The van der Waals surface area contributed by atoms with Crippen LogP contribution in [0.3, 0.4) is 0 Å². The summed E-state index contributed by atoms with van der Waals surface area (Å²) in [5.74, 6) is 0. The molecule has 1 N–H and O–H groups in total. The third kappa shape index (κ3) is 5.37. The minimum absolute atomic E-state index is 0.00901. The summed E-state index contributed by atoms with van der Waals surface area (Å²) < 4.78 is 5.36. The number of hydrogen-bond acceptors (Lipinski definition) is 4. The van der Waals surface area contributed by atoms with E-state index in [1.807, 2.05) is 20.8 Å². The number of hydrogen-bond donors (Lipinski definition) is 1. The molecule has 1 aliphatic rings. The molecule has 0 saturated carbocycles. The number of nitrogens with zero attached hydrogens (tertiary/aromatic N) is 2. The van der Waals surface area contributed by atoms with Crippen LogP contribution in [0, 0.1) is 0 Å². The van der Waals surface area contributed by atoms with Crippen LogP contribution in [0.1, 0.15) is 41.5 Å². The zero-order valence-corrected chi connectivity index (χ0v) is 13.1. The van der Waals surface area contributed by atoms with Crippen molar-refractivity contribution in [3.63, 3.8) is 0 Å². The van der Waals surface area contributed by atoms with E-state index in [4.69, 9.17) is 4.74 Å². The van der Waals surface area contributed by atoms with Crippen LogP contribution in [0.15, 0.2) is 0 Å². The van der Waals surface area contributed by atoms with Gasteiger partial charge in [-0.15, -0.1) is 0 Å². The van der Waals surface area contributed by atoms with E-state index in [9.17, 15) is 9.90 Å². The van der Waals surface area contributed by atoms with Crippen LogP contribution in [0.4, 0.5) is 4.79 Å². The molecule has 0 aromatic carbocycles. The largest absolute Gasteiger partial charge is 0.444 e. The van der Waals surface area contributed by atoms with Gasteiger partial charge in [0.25, 0.3) is 0 Å². The van der Waals surface area contributed by atoms with Crippen LogP contribution in [-0.4, -0.2) is 64.4 Å². The molecular weight excluding hydrogens is 244 g/mol. The molecule has 112 valence electrons. The number of ether oxygens (including phenoxy) is 1. The van der Waals surface area contributed by atoms with E-state index in [2.05, 4.69) is 25.7 Å². The Morgan fingerprint density at radius 3 is 2.16 bits per heavy atom. The third-order valence-electron chi connectivity index (χ3n) is 3.10. The number of aliphatic hydroxyl groups is 1. The molecule has 1 fully saturated rings. The molecule has 1 amide bonds. The molecule has 1 rings (SSSR count). The van der Waals surface area contributed by atoms with Crippen LogP contribution in [-0.2, 0) is 4.74 Å². The molecule has 19 heavy (non-hydrogen) atoms. The predicted molar refractivity (Wildman–Crippen MR) is 75.1 cm³/mol. The average Bonchev–Trinajstić information content (AvgIpc) is 2.36. The Labute approximate surface area is 116 Å². The smallest absolute Gasteiger partial charge is 0.410 e. The van der Waals surface area contributed by atoms with Crippen molar-refractivity contribution >= 4 is 6.09 Å².